The molecular weight excluding hydrogens is 300 g/mol. The van der Waals surface area contributed by atoms with Gasteiger partial charge in [-0.25, -0.2) is 0 Å². The predicted molar refractivity (Wildman–Crippen MR) is 104 cm³/mol. The minimum Gasteiger partial charge on any atom is -0.288 e. The van der Waals surface area contributed by atoms with Crippen LogP contribution in [0, 0.1) is 0 Å². The Bertz CT molecular complexity index is 423. The van der Waals surface area contributed by atoms with Crippen LogP contribution in [-0.2, 0) is 23.4 Å². The van der Waals surface area contributed by atoms with Crippen molar-refractivity contribution in [3.8, 4) is 0 Å². The lowest BCUT2D eigenvalue weighted by Crippen LogP contribution is -1.95. The van der Waals surface area contributed by atoms with Crippen LogP contribution in [0.15, 0.2) is 18.2 Å². The largest absolute Gasteiger partial charge is 0.288 e. The summed E-state index contributed by atoms with van der Waals surface area (Å²) in [4.78, 5) is 11.2. The van der Waals surface area contributed by atoms with E-state index in [2.05, 4.69) is 32.0 Å². The summed E-state index contributed by atoms with van der Waals surface area (Å²) in [6, 6.07) is 7.04. The maximum Gasteiger partial charge on any atom is 0.186 e. The van der Waals surface area contributed by atoms with Crippen molar-refractivity contribution in [2.45, 2.75) is 90.7 Å². The van der Waals surface area contributed by atoms with Crippen LogP contribution in [0.25, 0.3) is 0 Å². The van der Waals surface area contributed by atoms with Crippen LogP contribution in [-0.4, -0.2) is 5.12 Å². The van der Waals surface area contributed by atoms with E-state index in [4.69, 9.17) is 0 Å². The molecule has 130 valence electrons. The summed E-state index contributed by atoms with van der Waals surface area (Å²) < 4.78 is 0. The van der Waals surface area contributed by atoms with Crippen LogP contribution in [0.4, 0.5) is 0 Å². The van der Waals surface area contributed by atoms with Crippen molar-refractivity contribution in [1.82, 2.24) is 0 Å². The number of benzene rings is 1. The van der Waals surface area contributed by atoms with Gasteiger partial charge in [0.25, 0.3) is 0 Å². The molecule has 1 aromatic rings. The fourth-order valence-electron chi connectivity index (χ4n) is 2.91. The van der Waals surface area contributed by atoms with Gasteiger partial charge >= 0.3 is 0 Å². The molecular formula is C21H34OS. The highest BCUT2D eigenvalue weighted by atomic mass is 32.2. The Hall–Kier alpha value is -0.760. The van der Waals surface area contributed by atoms with Crippen LogP contribution in [0.2, 0.25) is 0 Å². The van der Waals surface area contributed by atoms with Gasteiger partial charge in [-0.2, -0.15) is 0 Å². The quantitative estimate of drug-likeness (QED) is 0.395. The molecule has 0 amide bonds. The van der Waals surface area contributed by atoms with E-state index in [1.54, 1.807) is 6.92 Å². The van der Waals surface area contributed by atoms with E-state index in [-0.39, 0.29) is 5.12 Å². The van der Waals surface area contributed by atoms with E-state index < -0.39 is 0 Å². The SMILES string of the molecule is CCCCCCc1cc(CCCCCC)cc(CSC(C)=O)c1. The van der Waals surface area contributed by atoms with Gasteiger partial charge < -0.3 is 0 Å². The van der Waals surface area contributed by atoms with Crippen LogP contribution < -0.4 is 0 Å². The molecule has 0 aliphatic carbocycles. The zero-order valence-electron chi connectivity index (χ0n) is 15.3. The van der Waals surface area contributed by atoms with Gasteiger partial charge in [0.2, 0.25) is 0 Å². The molecule has 0 saturated heterocycles. The number of rotatable bonds is 12. The lowest BCUT2D eigenvalue weighted by molar-refractivity contribution is -0.109. The Kier molecular flexibility index (Phi) is 11.1. The van der Waals surface area contributed by atoms with Crippen molar-refractivity contribution in [1.29, 1.82) is 0 Å². The fourth-order valence-corrected chi connectivity index (χ4v) is 3.44. The highest BCUT2D eigenvalue weighted by Gasteiger charge is 2.04. The van der Waals surface area contributed by atoms with E-state index in [0.29, 0.717) is 0 Å². The molecule has 0 aromatic heterocycles. The molecule has 0 saturated carbocycles. The molecule has 0 atom stereocenters. The maximum absolute atomic E-state index is 11.2. The number of carbonyl (C=O) groups excluding carboxylic acids is 1. The monoisotopic (exact) mass is 334 g/mol. The zero-order chi connectivity index (χ0) is 16.9. The molecule has 1 aromatic carbocycles. The summed E-state index contributed by atoms with van der Waals surface area (Å²) in [5.74, 6) is 0.820. The molecule has 1 rings (SSSR count). The summed E-state index contributed by atoms with van der Waals surface area (Å²) in [7, 11) is 0. The first-order chi connectivity index (χ1) is 11.2. The number of aryl methyl sites for hydroxylation is 2. The van der Waals surface area contributed by atoms with Gasteiger partial charge in [0.1, 0.15) is 0 Å². The standard InChI is InChI=1S/C21H34OS/c1-4-6-8-10-12-19-14-20(13-11-9-7-5-2)16-21(15-19)17-23-18(3)22/h14-16H,4-13,17H2,1-3H3. The smallest absolute Gasteiger partial charge is 0.186 e. The second kappa shape index (κ2) is 12.6. The van der Waals surface area contributed by atoms with E-state index in [9.17, 15) is 4.79 Å². The Morgan fingerprint density at radius 1 is 0.783 bits per heavy atom. The molecule has 2 heteroatoms. The van der Waals surface area contributed by atoms with E-state index in [1.807, 2.05) is 0 Å². The summed E-state index contributed by atoms with van der Waals surface area (Å²) >= 11 is 1.43. The third kappa shape index (κ3) is 9.86. The van der Waals surface area contributed by atoms with E-state index >= 15 is 0 Å². The molecule has 0 aliphatic heterocycles. The van der Waals surface area contributed by atoms with Crippen LogP contribution in [0.5, 0.6) is 0 Å². The van der Waals surface area contributed by atoms with E-state index in [1.165, 1.54) is 92.7 Å². The molecule has 0 heterocycles. The summed E-state index contributed by atoms with van der Waals surface area (Å²) in [6.07, 6.45) is 12.8. The van der Waals surface area contributed by atoms with Gasteiger partial charge in [-0.05, 0) is 42.4 Å². The van der Waals surface area contributed by atoms with Gasteiger partial charge in [0.05, 0.1) is 0 Å². The third-order valence-electron chi connectivity index (χ3n) is 4.19. The molecule has 0 spiro atoms. The predicted octanol–water partition coefficient (Wildman–Crippen LogP) is 6.71. The van der Waals surface area contributed by atoms with Gasteiger partial charge in [0.15, 0.2) is 5.12 Å². The highest BCUT2D eigenvalue weighted by Crippen LogP contribution is 2.20. The molecule has 0 fully saturated rings. The summed E-state index contributed by atoms with van der Waals surface area (Å²) in [5.41, 5.74) is 4.25. The molecule has 1 nitrogen and oxygen atoms in total. The number of thioether (sulfide) groups is 1. The first-order valence-electron chi connectivity index (χ1n) is 9.40. The highest BCUT2D eigenvalue weighted by molar-refractivity contribution is 8.12. The molecule has 0 unspecified atom stereocenters. The lowest BCUT2D eigenvalue weighted by atomic mass is 9.98. The van der Waals surface area contributed by atoms with Gasteiger partial charge in [0, 0.05) is 12.7 Å². The number of hydrogen-bond acceptors (Lipinski definition) is 2. The third-order valence-corrected chi connectivity index (χ3v) is 5.08. The molecule has 0 aliphatic rings. The van der Waals surface area contributed by atoms with Gasteiger partial charge in [-0.15, -0.1) is 0 Å². The van der Waals surface area contributed by atoms with E-state index in [0.717, 1.165) is 5.75 Å². The normalized spacial score (nSPS) is 10.9. The van der Waals surface area contributed by atoms with Crippen molar-refractivity contribution in [3.05, 3.63) is 34.9 Å². The maximum atomic E-state index is 11.2. The lowest BCUT2D eigenvalue weighted by Gasteiger charge is -2.10. The number of carbonyl (C=O) groups is 1. The fraction of sp³-hybridized carbons (Fsp3) is 0.667. The molecule has 0 radical (unpaired) electrons. The first-order valence-corrected chi connectivity index (χ1v) is 10.4. The number of hydrogen-bond donors (Lipinski definition) is 0. The summed E-state index contributed by atoms with van der Waals surface area (Å²) in [5, 5.41) is 0.211. The van der Waals surface area contributed by atoms with Gasteiger partial charge in [-0.1, -0.05) is 82.3 Å². The van der Waals surface area contributed by atoms with Crippen molar-refractivity contribution in [2.75, 3.05) is 0 Å². The topological polar surface area (TPSA) is 17.1 Å². The Morgan fingerprint density at radius 2 is 1.26 bits per heavy atom. The second-order valence-electron chi connectivity index (χ2n) is 6.56. The zero-order valence-corrected chi connectivity index (χ0v) is 16.1. The summed E-state index contributed by atoms with van der Waals surface area (Å²) in [6.45, 7) is 6.17. The first kappa shape index (κ1) is 20.3. The van der Waals surface area contributed by atoms with Gasteiger partial charge in [-0.3, -0.25) is 4.79 Å². The minimum atomic E-state index is 0.211. The second-order valence-corrected chi connectivity index (χ2v) is 7.71. The van der Waals surface area contributed by atoms with Crippen LogP contribution in [0.1, 0.15) is 88.8 Å². The Morgan fingerprint density at radius 3 is 1.70 bits per heavy atom. The van der Waals surface area contributed by atoms with Crippen LogP contribution >= 0.6 is 11.8 Å². The molecule has 0 N–H and O–H groups in total. The molecule has 23 heavy (non-hydrogen) atoms. The van der Waals surface area contributed by atoms with Crippen molar-refractivity contribution in [3.63, 3.8) is 0 Å². The van der Waals surface area contributed by atoms with Crippen LogP contribution in [0.3, 0.4) is 0 Å². The average Bonchev–Trinajstić information content (AvgIpc) is 2.54. The Labute approximate surface area is 147 Å². The van der Waals surface area contributed by atoms with Crippen molar-refractivity contribution < 1.29 is 4.79 Å². The average molecular weight is 335 g/mol. The van der Waals surface area contributed by atoms with Crippen molar-refractivity contribution in [2.24, 2.45) is 0 Å². The minimum absolute atomic E-state index is 0.211. The van der Waals surface area contributed by atoms with Crippen molar-refractivity contribution >= 4 is 16.9 Å². The number of unbranched alkanes of at least 4 members (excludes halogenated alkanes) is 6. The Balaban J connectivity index is 2.65. The molecule has 0 bridgehead atoms.